The maximum atomic E-state index is 13.5. The molecule has 1 saturated heterocycles. The van der Waals surface area contributed by atoms with E-state index in [-0.39, 0.29) is 77.5 Å². The second-order valence-corrected chi connectivity index (χ2v) is 15.0. The molecule has 1 fully saturated rings. The lowest BCUT2D eigenvalue weighted by Crippen LogP contribution is -2.51. The Morgan fingerprint density at radius 3 is 2.37 bits per heavy atom. The number of aromatic hydroxyl groups is 1. The molecule has 0 unspecified atom stereocenters. The van der Waals surface area contributed by atoms with Crippen molar-refractivity contribution in [1.82, 2.24) is 21.0 Å². The number of carbonyl (C=O) groups is 8. The molecule has 18 heteroatoms. The number of amides is 5. The third-order valence-electron chi connectivity index (χ3n) is 8.77. The van der Waals surface area contributed by atoms with Crippen LogP contribution in [0.2, 0.25) is 0 Å². The Bertz CT molecular complexity index is 2290. The zero-order valence-electron chi connectivity index (χ0n) is 30.7. The first-order valence-electron chi connectivity index (χ1n) is 17.6. The number of carbonyl (C=O) groups excluding carboxylic acids is 7. The molecular formula is C39H38N4O13S. The Kier molecular flexibility index (Phi) is 13.1. The van der Waals surface area contributed by atoms with Gasteiger partial charge in [-0.15, -0.1) is 5.06 Å². The lowest BCUT2D eigenvalue weighted by atomic mass is 9.89. The zero-order valence-corrected chi connectivity index (χ0v) is 31.6. The fraction of sp³-hybridized carbons (Fsp3) is 0.308. The number of fused-ring (bicyclic) bond motifs is 2. The number of hydrogen-bond acceptors (Lipinski definition) is 13. The molecule has 298 valence electrons. The van der Waals surface area contributed by atoms with Crippen LogP contribution in [0.4, 0.5) is 0 Å². The van der Waals surface area contributed by atoms with E-state index in [1.807, 2.05) is 0 Å². The molecule has 0 saturated carbocycles. The number of rotatable bonds is 17. The molecule has 0 bridgehead atoms. The highest BCUT2D eigenvalue weighted by Crippen LogP contribution is 2.42. The predicted molar refractivity (Wildman–Crippen MR) is 204 cm³/mol. The van der Waals surface area contributed by atoms with Gasteiger partial charge in [0, 0.05) is 71.5 Å². The number of phenols is 1. The molecule has 1 aliphatic carbocycles. The molecule has 5 N–H and O–H groups in total. The van der Waals surface area contributed by atoms with Gasteiger partial charge in [-0.3, -0.25) is 38.4 Å². The summed E-state index contributed by atoms with van der Waals surface area (Å²) in [6.45, 7) is 3.48. The highest BCUT2D eigenvalue weighted by atomic mass is 32.2. The van der Waals surface area contributed by atoms with Gasteiger partial charge in [0.1, 0.15) is 23.1 Å². The van der Waals surface area contributed by atoms with Gasteiger partial charge in [0.25, 0.3) is 17.7 Å². The molecule has 0 aromatic heterocycles. The minimum Gasteiger partial charge on any atom is -0.508 e. The van der Waals surface area contributed by atoms with Gasteiger partial charge >= 0.3 is 11.9 Å². The summed E-state index contributed by atoms with van der Waals surface area (Å²) in [5, 5.41) is 28.2. The monoisotopic (exact) mass is 802 g/mol. The molecule has 5 rings (SSSR count). The van der Waals surface area contributed by atoms with Gasteiger partial charge in [0.2, 0.25) is 11.8 Å². The number of carboxylic acid groups (broad SMARTS) is 1. The summed E-state index contributed by atoms with van der Waals surface area (Å²) >= 11 is 0.988. The van der Waals surface area contributed by atoms with Crippen LogP contribution in [0.5, 0.6) is 5.75 Å². The number of phenolic OH excluding ortho intramolecular Hbond substituents is 1. The smallest absolute Gasteiger partial charge is 0.334 e. The summed E-state index contributed by atoms with van der Waals surface area (Å²) in [5.74, 6) is -5.43. The van der Waals surface area contributed by atoms with Crippen LogP contribution in [-0.2, 0) is 33.6 Å². The largest absolute Gasteiger partial charge is 0.508 e. The first-order chi connectivity index (χ1) is 27.0. The van der Waals surface area contributed by atoms with E-state index in [0.717, 1.165) is 11.8 Å². The van der Waals surface area contributed by atoms with E-state index in [1.165, 1.54) is 42.5 Å². The minimum atomic E-state index is -1.44. The molecular weight excluding hydrogens is 765 g/mol. The predicted octanol–water partition coefficient (Wildman–Crippen LogP) is 2.65. The normalized spacial score (nSPS) is 13.3. The lowest BCUT2D eigenvalue weighted by Gasteiger charge is -2.27. The molecule has 2 aliphatic heterocycles. The Morgan fingerprint density at radius 1 is 0.947 bits per heavy atom. The zero-order chi connectivity index (χ0) is 41.4. The van der Waals surface area contributed by atoms with Crippen molar-refractivity contribution in [2.45, 2.75) is 45.6 Å². The quantitative estimate of drug-likeness (QED) is 0.0446. The van der Waals surface area contributed by atoms with Gasteiger partial charge in [0.05, 0.1) is 18.6 Å². The summed E-state index contributed by atoms with van der Waals surface area (Å²) in [4.78, 5) is 115. The van der Waals surface area contributed by atoms with Crippen LogP contribution in [-0.4, -0.2) is 93.7 Å². The van der Waals surface area contributed by atoms with Crippen LogP contribution in [0.25, 0.3) is 33.4 Å². The topological polar surface area (TPSA) is 256 Å². The van der Waals surface area contributed by atoms with Crippen LogP contribution in [0.3, 0.4) is 0 Å². The maximum absolute atomic E-state index is 13.5. The molecule has 0 radical (unpaired) electrons. The summed E-state index contributed by atoms with van der Waals surface area (Å²) in [5.41, 5.74) is 0.957. The van der Waals surface area contributed by atoms with Crippen molar-refractivity contribution < 1.29 is 57.8 Å². The van der Waals surface area contributed by atoms with Gasteiger partial charge < -0.3 is 35.4 Å². The van der Waals surface area contributed by atoms with Crippen molar-refractivity contribution in [3.05, 3.63) is 75.9 Å². The van der Waals surface area contributed by atoms with E-state index < -0.39 is 59.4 Å². The molecule has 17 nitrogen and oxygen atoms in total. The number of thioether (sulfide) groups is 1. The molecule has 0 spiro atoms. The van der Waals surface area contributed by atoms with Gasteiger partial charge in [-0.1, -0.05) is 19.9 Å². The Hall–Kier alpha value is -6.56. The number of nitrogens with one attached hydrogen (secondary N) is 3. The Balaban J connectivity index is 1.18. The Morgan fingerprint density at radius 2 is 1.67 bits per heavy atom. The summed E-state index contributed by atoms with van der Waals surface area (Å²) in [7, 11) is 0. The van der Waals surface area contributed by atoms with E-state index in [9.17, 15) is 53.4 Å². The van der Waals surface area contributed by atoms with Crippen LogP contribution in [0.1, 0.15) is 60.2 Å². The van der Waals surface area contributed by atoms with Crippen molar-refractivity contribution in [2.24, 2.45) is 5.41 Å². The van der Waals surface area contributed by atoms with E-state index in [0.29, 0.717) is 33.4 Å². The standard InChI is InChI=1S/C39H38N4O13S/c1-39(2,20-41-38(54)28(16-34(50)51)42-31(47)18-57-12-11-35(52)56-43-32(48)9-10-33(43)49)19-40-37(53)21-3-4-22(17-44)27(13-21)36-25-7-5-23(45)14-29(25)55-30-15-24(46)6-8-26(30)36/h3-8,13-15,17,28,45H,9-12,16,18-20H2,1-2H3,(H,40,53)(H,41,54)(H,42,47)(H,50,51)/t28-/m0/s1. The third kappa shape index (κ3) is 10.6. The molecule has 5 amide bonds. The average Bonchev–Trinajstić information content (AvgIpc) is 3.48. The van der Waals surface area contributed by atoms with Gasteiger partial charge in [-0.05, 0) is 47.4 Å². The number of aliphatic carboxylic acids is 1. The summed E-state index contributed by atoms with van der Waals surface area (Å²) in [6, 6.07) is 11.7. The van der Waals surface area contributed by atoms with E-state index >= 15 is 0 Å². The first kappa shape index (κ1) is 41.6. The molecule has 2 aromatic rings. The van der Waals surface area contributed by atoms with Crippen LogP contribution < -0.4 is 21.4 Å². The number of imide groups is 1. The number of hydrogen-bond donors (Lipinski definition) is 5. The fourth-order valence-corrected chi connectivity index (χ4v) is 6.57. The number of nitrogens with zero attached hydrogens (tertiary/aromatic N) is 1. The number of benzene rings is 3. The highest BCUT2D eigenvalue weighted by molar-refractivity contribution is 7.99. The molecule has 3 aliphatic rings. The SMILES string of the molecule is CC(C)(CNC(=O)c1ccc(C=O)c(-c2c3ccc(=O)cc-3oc3cc(O)ccc23)c1)CNC(=O)[C@H](CC(=O)O)NC(=O)CSCCC(=O)ON1C(=O)CCC1=O. The van der Waals surface area contributed by atoms with Crippen LogP contribution in [0, 0.1) is 5.41 Å². The van der Waals surface area contributed by atoms with Crippen LogP contribution in [0.15, 0.2) is 63.8 Å². The highest BCUT2D eigenvalue weighted by Gasteiger charge is 2.33. The maximum Gasteiger partial charge on any atom is 0.334 e. The number of carboxylic acids is 1. The molecule has 1 atom stereocenters. The van der Waals surface area contributed by atoms with E-state index in [1.54, 1.807) is 26.0 Å². The van der Waals surface area contributed by atoms with Crippen molar-refractivity contribution in [3.63, 3.8) is 0 Å². The minimum absolute atomic E-state index is 0.0353. The average molecular weight is 803 g/mol. The molecule has 2 aromatic carbocycles. The van der Waals surface area contributed by atoms with Crippen molar-refractivity contribution in [1.29, 1.82) is 0 Å². The van der Waals surface area contributed by atoms with E-state index in [2.05, 4.69) is 16.0 Å². The fourth-order valence-electron chi connectivity index (χ4n) is 5.85. The third-order valence-corrected chi connectivity index (χ3v) is 9.73. The van der Waals surface area contributed by atoms with Gasteiger partial charge in [-0.2, -0.15) is 11.8 Å². The molecule has 2 heterocycles. The number of hydroxylamine groups is 2. The summed E-state index contributed by atoms with van der Waals surface area (Å²) < 4.78 is 5.90. The van der Waals surface area contributed by atoms with Crippen LogP contribution >= 0.6 is 11.8 Å². The number of aldehydes is 1. The van der Waals surface area contributed by atoms with Gasteiger partial charge in [0.15, 0.2) is 11.7 Å². The lowest BCUT2D eigenvalue weighted by molar-refractivity contribution is -0.197. The molecule has 57 heavy (non-hydrogen) atoms. The van der Waals surface area contributed by atoms with Crippen molar-refractivity contribution >= 4 is 70.5 Å². The van der Waals surface area contributed by atoms with Gasteiger partial charge in [-0.25, -0.2) is 4.79 Å². The van der Waals surface area contributed by atoms with Crippen molar-refractivity contribution in [2.75, 3.05) is 24.6 Å². The second-order valence-electron chi connectivity index (χ2n) is 13.9. The van der Waals surface area contributed by atoms with Crippen molar-refractivity contribution in [3.8, 4) is 28.2 Å². The first-order valence-corrected chi connectivity index (χ1v) is 18.7. The summed E-state index contributed by atoms with van der Waals surface area (Å²) in [6.07, 6.45) is -0.408. The Labute approximate surface area is 328 Å². The van der Waals surface area contributed by atoms with E-state index in [4.69, 9.17) is 9.25 Å². The second kappa shape index (κ2) is 17.9.